The molecule has 0 aliphatic heterocycles. The molecule has 4 aromatic carbocycles. The molecule has 0 radical (unpaired) electrons. The molecule has 0 aromatic heterocycles. The van der Waals surface area contributed by atoms with Crippen LogP contribution in [0.5, 0.6) is 0 Å². The second-order valence-electron chi connectivity index (χ2n) is 10.5. The van der Waals surface area contributed by atoms with Gasteiger partial charge in [-0.15, -0.1) is 0 Å². The van der Waals surface area contributed by atoms with Gasteiger partial charge in [-0.05, 0) is 87.1 Å². The minimum absolute atomic E-state index is 0.0511. The first-order valence-corrected chi connectivity index (χ1v) is 13.8. The lowest BCUT2D eigenvalue weighted by Crippen LogP contribution is -2.20. The number of carboxylic acid groups (broad SMARTS) is 2. The lowest BCUT2D eigenvalue weighted by molar-refractivity contribution is 0.0684. The van der Waals surface area contributed by atoms with E-state index in [4.69, 9.17) is 0 Å². The van der Waals surface area contributed by atoms with Crippen molar-refractivity contribution in [3.63, 3.8) is 0 Å². The van der Waals surface area contributed by atoms with E-state index in [-0.39, 0.29) is 33.0 Å². The molecule has 4 rings (SSSR count). The third-order valence-corrected chi connectivity index (χ3v) is 7.47. The molecular formula is C34H34N2O6. The third kappa shape index (κ3) is 5.61. The van der Waals surface area contributed by atoms with Crippen molar-refractivity contribution in [2.75, 3.05) is 10.6 Å². The summed E-state index contributed by atoms with van der Waals surface area (Å²) >= 11 is 0. The van der Waals surface area contributed by atoms with Gasteiger partial charge >= 0.3 is 11.9 Å². The maximum Gasteiger partial charge on any atom is 0.336 e. The largest absolute Gasteiger partial charge is 0.478 e. The quantitative estimate of drug-likeness (QED) is 0.180. The Hall–Kier alpha value is -4.98. The van der Waals surface area contributed by atoms with Gasteiger partial charge in [0.05, 0.1) is 11.1 Å². The zero-order chi connectivity index (χ0) is 30.9. The fraction of sp³-hybridized carbons (Fsp3) is 0.235. The summed E-state index contributed by atoms with van der Waals surface area (Å²) in [5.74, 6) is -3.93. The van der Waals surface area contributed by atoms with E-state index in [0.29, 0.717) is 24.2 Å². The predicted octanol–water partition coefficient (Wildman–Crippen LogP) is 7.10. The number of aryl methyl sites for hydroxylation is 6. The Balaban J connectivity index is 1.95. The van der Waals surface area contributed by atoms with Crippen LogP contribution in [0.1, 0.15) is 88.7 Å². The second-order valence-corrected chi connectivity index (χ2v) is 10.5. The van der Waals surface area contributed by atoms with Gasteiger partial charge in [0.15, 0.2) is 0 Å². The molecule has 8 nitrogen and oxygen atoms in total. The molecule has 0 fully saturated rings. The van der Waals surface area contributed by atoms with Crippen LogP contribution in [0, 0.1) is 27.7 Å². The van der Waals surface area contributed by atoms with Gasteiger partial charge < -0.3 is 20.8 Å². The van der Waals surface area contributed by atoms with Gasteiger partial charge in [-0.3, -0.25) is 9.59 Å². The SMILES string of the molecule is CCc1cc(C)cc(C)c1NC(=O)c1ccc(C(=O)Nc2c(C)cc(C)cc2CC)c2c(C(=O)O)ccc(C(=O)O)c12. The number of amides is 2. The van der Waals surface area contributed by atoms with Crippen LogP contribution in [0.3, 0.4) is 0 Å². The zero-order valence-electron chi connectivity index (χ0n) is 24.6. The lowest BCUT2D eigenvalue weighted by Gasteiger charge is -2.19. The van der Waals surface area contributed by atoms with E-state index in [2.05, 4.69) is 10.6 Å². The number of hydrogen-bond donors (Lipinski definition) is 4. The van der Waals surface area contributed by atoms with Gasteiger partial charge in [0.25, 0.3) is 11.8 Å². The molecule has 0 saturated carbocycles. The Bertz CT molecular complexity index is 1660. The fourth-order valence-electron chi connectivity index (χ4n) is 5.62. The van der Waals surface area contributed by atoms with Crippen LogP contribution < -0.4 is 10.6 Å². The van der Waals surface area contributed by atoms with Crippen LogP contribution in [0.4, 0.5) is 11.4 Å². The number of fused-ring (bicyclic) bond motifs is 1. The molecule has 0 bridgehead atoms. The fourth-order valence-corrected chi connectivity index (χ4v) is 5.62. The Morgan fingerprint density at radius 3 is 1.21 bits per heavy atom. The summed E-state index contributed by atoms with van der Waals surface area (Å²) in [7, 11) is 0. The Labute approximate surface area is 244 Å². The van der Waals surface area contributed by atoms with Crippen molar-refractivity contribution in [3.8, 4) is 0 Å². The highest BCUT2D eigenvalue weighted by Gasteiger charge is 2.26. The minimum Gasteiger partial charge on any atom is -0.478 e. The molecule has 0 saturated heterocycles. The molecule has 0 unspecified atom stereocenters. The molecule has 4 aromatic rings. The van der Waals surface area contributed by atoms with Gasteiger partial charge in [-0.25, -0.2) is 9.59 Å². The van der Waals surface area contributed by atoms with E-state index in [1.807, 2.05) is 65.8 Å². The van der Waals surface area contributed by atoms with Crippen LogP contribution in [0.25, 0.3) is 10.8 Å². The summed E-state index contributed by atoms with van der Waals surface area (Å²) in [6.45, 7) is 11.6. The van der Waals surface area contributed by atoms with Crippen molar-refractivity contribution in [2.45, 2.75) is 54.4 Å². The molecule has 2 amide bonds. The average molecular weight is 567 g/mol. The van der Waals surface area contributed by atoms with Crippen LogP contribution >= 0.6 is 0 Å². The highest BCUT2D eigenvalue weighted by molar-refractivity contribution is 6.26. The van der Waals surface area contributed by atoms with E-state index in [9.17, 15) is 29.4 Å². The number of carbonyl (C=O) groups excluding carboxylic acids is 2. The van der Waals surface area contributed by atoms with Crippen LogP contribution in [-0.2, 0) is 12.8 Å². The number of anilines is 2. The molecule has 0 heterocycles. The first-order valence-electron chi connectivity index (χ1n) is 13.8. The Kier molecular flexibility index (Phi) is 8.47. The van der Waals surface area contributed by atoms with Crippen molar-refractivity contribution >= 4 is 45.9 Å². The van der Waals surface area contributed by atoms with Crippen molar-refractivity contribution in [2.24, 2.45) is 0 Å². The maximum atomic E-state index is 13.8. The normalized spacial score (nSPS) is 10.9. The number of nitrogens with one attached hydrogen (secondary N) is 2. The van der Waals surface area contributed by atoms with Crippen LogP contribution in [0.15, 0.2) is 48.5 Å². The van der Waals surface area contributed by atoms with Gasteiger partial charge in [-0.1, -0.05) is 49.2 Å². The summed E-state index contributed by atoms with van der Waals surface area (Å²) < 4.78 is 0. The number of hydrogen-bond acceptors (Lipinski definition) is 4. The Morgan fingerprint density at radius 2 is 0.905 bits per heavy atom. The topological polar surface area (TPSA) is 133 Å². The predicted molar refractivity (Wildman–Crippen MR) is 164 cm³/mol. The van der Waals surface area contributed by atoms with Crippen LogP contribution in [0.2, 0.25) is 0 Å². The van der Waals surface area contributed by atoms with E-state index in [0.717, 1.165) is 45.5 Å². The van der Waals surface area contributed by atoms with Crippen molar-refractivity contribution in [3.05, 3.63) is 104 Å². The molecule has 0 atom stereocenters. The third-order valence-electron chi connectivity index (χ3n) is 7.47. The van der Waals surface area contributed by atoms with E-state index in [1.165, 1.54) is 12.1 Å². The average Bonchev–Trinajstić information content (AvgIpc) is 2.93. The molecule has 216 valence electrons. The summed E-state index contributed by atoms with van der Waals surface area (Å²) in [5, 5.41) is 25.8. The zero-order valence-corrected chi connectivity index (χ0v) is 24.6. The van der Waals surface area contributed by atoms with Crippen molar-refractivity contribution in [1.29, 1.82) is 0 Å². The number of carbonyl (C=O) groups is 4. The first kappa shape index (κ1) is 30.0. The highest BCUT2D eigenvalue weighted by Crippen LogP contribution is 2.33. The number of carboxylic acids is 2. The van der Waals surface area contributed by atoms with Gasteiger partial charge in [0.1, 0.15) is 0 Å². The van der Waals surface area contributed by atoms with Gasteiger partial charge in [0, 0.05) is 33.3 Å². The molecule has 4 N–H and O–H groups in total. The smallest absolute Gasteiger partial charge is 0.336 e. The summed E-state index contributed by atoms with van der Waals surface area (Å²) in [6, 6.07) is 12.9. The van der Waals surface area contributed by atoms with Crippen LogP contribution in [-0.4, -0.2) is 34.0 Å². The lowest BCUT2D eigenvalue weighted by atomic mass is 9.90. The molecular weight excluding hydrogens is 532 g/mol. The van der Waals surface area contributed by atoms with E-state index < -0.39 is 23.8 Å². The summed E-state index contributed by atoms with van der Waals surface area (Å²) in [6.07, 6.45) is 1.30. The molecule has 0 spiro atoms. The van der Waals surface area contributed by atoms with Gasteiger partial charge in [-0.2, -0.15) is 0 Å². The first-order chi connectivity index (χ1) is 19.9. The number of benzene rings is 4. The van der Waals surface area contributed by atoms with Gasteiger partial charge in [0.2, 0.25) is 0 Å². The molecule has 0 aliphatic rings. The number of rotatable bonds is 8. The molecule has 42 heavy (non-hydrogen) atoms. The molecule has 0 aliphatic carbocycles. The maximum absolute atomic E-state index is 13.8. The van der Waals surface area contributed by atoms with Crippen molar-refractivity contribution < 1.29 is 29.4 Å². The summed E-state index contributed by atoms with van der Waals surface area (Å²) in [5.41, 5.74) is 6.11. The number of aromatic carboxylic acids is 2. The van der Waals surface area contributed by atoms with E-state index >= 15 is 0 Å². The second kappa shape index (κ2) is 11.9. The molecule has 8 heteroatoms. The summed E-state index contributed by atoms with van der Waals surface area (Å²) in [4.78, 5) is 52.3. The Morgan fingerprint density at radius 1 is 0.571 bits per heavy atom. The highest BCUT2D eigenvalue weighted by atomic mass is 16.4. The van der Waals surface area contributed by atoms with Crippen molar-refractivity contribution in [1.82, 2.24) is 0 Å². The standard InChI is InChI=1S/C34H34N2O6/c1-7-21-15-17(3)13-19(5)29(21)35-31(37)23-9-10-24(28-26(34(41)42)12-11-25(27(23)28)33(39)40)32(38)36-30-20(6)14-18(4)16-22(30)8-2/h9-16H,7-8H2,1-6H3,(H,35,37)(H,36,38)(H,39,40)(H,41,42). The minimum atomic E-state index is -1.35. The monoisotopic (exact) mass is 566 g/mol. The van der Waals surface area contributed by atoms with E-state index in [1.54, 1.807) is 0 Å².